The summed E-state index contributed by atoms with van der Waals surface area (Å²) in [5, 5.41) is 13.8. The number of nitrogen functional groups attached to an aromatic ring is 1. The Balaban J connectivity index is 3.38. The molecule has 0 spiro atoms. The van der Waals surface area contributed by atoms with Crippen LogP contribution in [0.1, 0.15) is 5.56 Å². The highest BCUT2D eigenvalue weighted by molar-refractivity contribution is 7.89. The van der Waals surface area contributed by atoms with Gasteiger partial charge in [-0.3, -0.25) is 4.79 Å². The van der Waals surface area contributed by atoms with E-state index in [0.717, 1.165) is 0 Å². The van der Waals surface area contributed by atoms with Gasteiger partial charge < -0.3 is 15.7 Å². The lowest BCUT2D eigenvalue weighted by Gasteiger charge is -2.21. The highest BCUT2D eigenvalue weighted by Gasteiger charge is 2.18. The minimum absolute atomic E-state index is 0.102. The third-order valence-corrected chi connectivity index (χ3v) is 3.48. The molecule has 100 valence electrons. The van der Waals surface area contributed by atoms with E-state index in [4.69, 9.17) is 16.0 Å². The topological polar surface area (TPSA) is 127 Å². The van der Waals surface area contributed by atoms with Crippen LogP contribution in [0.5, 0.6) is 0 Å². The summed E-state index contributed by atoms with van der Waals surface area (Å²) in [6.07, 6.45) is 0. The van der Waals surface area contributed by atoms with Gasteiger partial charge in [0, 0.05) is 18.4 Å². The largest absolute Gasteiger partial charge is 0.480 e. The first-order chi connectivity index (χ1) is 8.12. The fourth-order valence-corrected chi connectivity index (χ4v) is 2.51. The number of hydrogen-bond acceptors (Lipinski definition) is 5. The third kappa shape index (κ3) is 3.11. The molecule has 0 heterocycles. The van der Waals surface area contributed by atoms with E-state index in [1.54, 1.807) is 6.92 Å². The normalized spacial score (nSPS) is 11.3. The molecule has 18 heavy (non-hydrogen) atoms. The molecule has 0 radical (unpaired) electrons. The van der Waals surface area contributed by atoms with Gasteiger partial charge in [-0.25, -0.2) is 13.6 Å². The number of rotatable bonds is 4. The maximum Gasteiger partial charge on any atom is 0.323 e. The van der Waals surface area contributed by atoms with Crippen molar-refractivity contribution in [3.8, 4) is 0 Å². The summed E-state index contributed by atoms with van der Waals surface area (Å²) in [5.41, 5.74) is 6.59. The lowest BCUT2D eigenvalue weighted by molar-refractivity contribution is -0.135. The number of hydrogen-bond donors (Lipinski definition) is 3. The number of nitrogens with zero attached hydrogens (tertiary/aromatic N) is 1. The summed E-state index contributed by atoms with van der Waals surface area (Å²) in [6, 6.07) is 2.76. The van der Waals surface area contributed by atoms with E-state index < -0.39 is 16.0 Å². The predicted octanol–water partition coefficient (Wildman–Crippen LogP) is -0.255. The zero-order valence-electron chi connectivity index (χ0n) is 10.0. The standard InChI is InChI=1S/C10H15N3O4S/c1-6-8(13(2)5-10(14)15)3-7(11)4-9(6)18(12,16)17/h3-4H,5,11H2,1-2H3,(H,14,15)(H2,12,16,17). The fraction of sp³-hybridized carbons (Fsp3) is 0.300. The molecule has 0 aromatic heterocycles. The molecule has 1 aromatic rings. The Bertz CT molecular complexity index is 583. The second kappa shape index (κ2) is 4.83. The number of anilines is 2. The first kappa shape index (κ1) is 14.3. The van der Waals surface area contributed by atoms with E-state index in [2.05, 4.69) is 0 Å². The van der Waals surface area contributed by atoms with Crippen LogP contribution >= 0.6 is 0 Å². The molecular formula is C10H15N3O4S. The molecule has 0 atom stereocenters. The molecule has 0 unspecified atom stereocenters. The predicted molar refractivity (Wildman–Crippen MR) is 67.9 cm³/mol. The smallest absolute Gasteiger partial charge is 0.323 e. The van der Waals surface area contributed by atoms with Gasteiger partial charge in [-0.05, 0) is 24.6 Å². The number of nitrogens with two attached hydrogens (primary N) is 2. The Morgan fingerprint density at radius 1 is 1.44 bits per heavy atom. The molecule has 1 aromatic carbocycles. The first-order valence-corrected chi connectivity index (χ1v) is 6.53. The second-order valence-electron chi connectivity index (χ2n) is 3.96. The fourth-order valence-electron chi connectivity index (χ4n) is 1.67. The van der Waals surface area contributed by atoms with Gasteiger partial charge >= 0.3 is 5.97 Å². The van der Waals surface area contributed by atoms with Gasteiger partial charge in [-0.15, -0.1) is 0 Å². The zero-order valence-corrected chi connectivity index (χ0v) is 10.9. The first-order valence-electron chi connectivity index (χ1n) is 4.98. The highest BCUT2D eigenvalue weighted by Crippen LogP contribution is 2.28. The maximum atomic E-state index is 11.4. The molecule has 8 heteroatoms. The Kier molecular flexibility index (Phi) is 3.82. The van der Waals surface area contributed by atoms with Crippen LogP contribution in [0.3, 0.4) is 0 Å². The molecule has 0 bridgehead atoms. The number of sulfonamides is 1. The highest BCUT2D eigenvalue weighted by atomic mass is 32.2. The van der Waals surface area contributed by atoms with Crippen molar-refractivity contribution < 1.29 is 18.3 Å². The lowest BCUT2D eigenvalue weighted by atomic mass is 10.1. The molecule has 0 amide bonds. The summed E-state index contributed by atoms with van der Waals surface area (Å²) in [6.45, 7) is 1.28. The van der Waals surface area contributed by atoms with Crippen molar-refractivity contribution in [3.63, 3.8) is 0 Å². The Hall–Kier alpha value is -1.80. The number of carboxylic acid groups (broad SMARTS) is 1. The molecule has 1 rings (SSSR count). The SMILES string of the molecule is Cc1c(N(C)CC(=O)O)cc(N)cc1S(N)(=O)=O. The van der Waals surface area contributed by atoms with Crippen LogP contribution in [0, 0.1) is 6.92 Å². The average Bonchev–Trinajstić information content (AvgIpc) is 2.18. The van der Waals surface area contributed by atoms with E-state index in [0.29, 0.717) is 11.3 Å². The number of likely N-dealkylation sites (N-methyl/N-ethyl adjacent to an activating group) is 1. The van der Waals surface area contributed by atoms with Crippen LogP contribution in [0.2, 0.25) is 0 Å². The number of primary sulfonamides is 1. The molecule has 0 aliphatic heterocycles. The minimum Gasteiger partial charge on any atom is -0.480 e. The summed E-state index contributed by atoms with van der Waals surface area (Å²) < 4.78 is 22.8. The van der Waals surface area contributed by atoms with E-state index in [1.807, 2.05) is 0 Å². The Labute approximate surface area is 105 Å². The van der Waals surface area contributed by atoms with E-state index in [-0.39, 0.29) is 17.1 Å². The van der Waals surface area contributed by atoms with Crippen molar-refractivity contribution >= 4 is 27.4 Å². The maximum absolute atomic E-state index is 11.4. The van der Waals surface area contributed by atoms with Crippen molar-refractivity contribution in [2.45, 2.75) is 11.8 Å². The van der Waals surface area contributed by atoms with E-state index in [9.17, 15) is 13.2 Å². The van der Waals surface area contributed by atoms with Crippen molar-refractivity contribution in [1.82, 2.24) is 0 Å². The van der Waals surface area contributed by atoms with Crippen molar-refractivity contribution in [2.24, 2.45) is 5.14 Å². The van der Waals surface area contributed by atoms with E-state index >= 15 is 0 Å². The van der Waals surface area contributed by atoms with Crippen LogP contribution in [0.4, 0.5) is 11.4 Å². The number of benzene rings is 1. The van der Waals surface area contributed by atoms with Gasteiger partial charge in [0.05, 0.1) is 4.90 Å². The lowest BCUT2D eigenvalue weighted by Crippen LogP contribution is -2.26. The Morgan fingerprint density at radius 2 is 2.00 bits per heavy atom. The van der Waals surface area contributed by atoms with Crippen LogP contribution in [0.15, 0.2) is 17.0 Å². The Morgan fingerprint density at radius 3 is 2.44 bits per heavy atom. The molecule has 5 N–H and O–H groups in total. The number of carboxylic acids is 1. The summed E-state index contributed by atoms with van der Waals surface area (Å²) in [5.74, 6) is -1.03. The van der Waals surface area contributed by atoms with Gasteiger partial charge in [0.1, 0.15) is 6.54 Å². The minimum atomic E-state index is -3.89. The second-order valence-corrected chi connectivity index (χ2v) is 5.49. The van der Waals surface area contributed by atoms with Crippen molar-refractivity contribution in [1.29, 1.82) is 0 Å². The van der Waals surface area contributed by atoms with Gasteiger partial charge in [0.15, 0.2) is 0 Å². The van der Waals surface area contributed by atoms with Gasteiger partial charge in [0.2, 0.25) is 10.0 Å². The summed E-state index contributed by atoms with van der Waals surface area (Å²) >= 11 is 0. The van der Waals surface area contributed by atoms with Crippen LogP contribution < -0.4 is 15.8 Å². The quantitative estimate of drug-likeness (QED) is 0.649. The zero-order chi connectivity index (χ0) is 14.1. The van der Waals surface area contributed by atoms with Gasteiger partial charge in [0.25, 0.3) is 0 Å². The number of aliphatic carboxylic acids is 1. The van der Waals surface area contributed by atoms with Crippen molar-refractivity contribution in [2.75, 3.05) is 24.2 Å². The van der Waals surface area contributed by atoms with Crippen LogP contribution in [-0.2, 0) is 14.8 Å². The molecule has 7 nitrogen and oxygen atoms in total. The summed E-state index contributed by atoms with van der Waals surface area (Å²) in [4.78, 5) is 11.9. The van der Waals surface area contributed by atoms with Crippen LogP contribution in [0.25, 0.3) is 0 Å². The average molecular weight is 273 g/mol. The van der Waals surface area contributed by atoms with Crippen molar-refractivity contribution in [3.05, 3.63) is 17.7 Å². The molecule has 0 aliphatic rings. The van der Waals surface area contributed by atoms with Crippen LogP contribution in [-0.4, -0.2) is 33.1 Å². The molecule has 0 fully saturated rings. The van der Waals surface area contributed by atoms with E-state index in [1.165, 1.54) is 24.1 Å². The van der Waals surface area contributed by atoms with Gasteiger partial charge in [-0.1, -0.05) is 0 Å². The third-order valence-electron chi connectivity index (χ3n) is 2.45. The summed E-state index contributed by atoms with van der Waals surface area (Å²) in [7, 11) is -2.36. The molecule has 0 saturated heterocycles. The molecular weight excluding hydrogens is 258 g/mol. The molecule has 0 saturated carbocycles. The molecule has 0 aliphatic carbocycles. The van der Waals surface area contributed by atoms with Gasteiger partial charge in [-0.2, -0.15) is 0 Å². The number of carbonyl (C=O) groups is 1. The monoisotopic (exact) mass is 273 g/mol.